The largest absolute Gasteiger partial charge is 0.462 e. The number of aliphatic imine (C=N–C) groups is 1. The fourth-order valence-corrected chi connectivity index (χ4v) is 4.65. The van der Waals surface area contributed by atoms with Crippen molar-refractivity contribution >= 4 is 40.6 Å². The minimum Gasteiger partial charge on any atom is -0.462 e. The zero-order valence-electron chi connectivity index (χ0n) is 16.6. The Balaban J connectivity index is 1.57. The smallest absolute Gasteiger partial charge is 0.340 e. The number of ether oxygens (including phenoxy) is 1. The Kier molecular flexibility index (Phi) is 5.27. The van der Waals surface area contributed by atoms with Crippen LogP contribution >= 0.6 is 11.8 Å². The summed E-state index contributed by atoms with van der Waals surface area (Å²) in [5, 5.41) is 7.02. The highest BCUT2D eigenvalue weighted by Gasteiger charge is 2.33. The molecule has 2 aliphatic heterocycles. The van der Waals surface area contributed by atoms with Gasteiger partial charge in [-0.3, -0.25) is 4.79 Å². The Morgan fingerprint density at radius 1 is 1.24 bits per heavy atom. The first-order valence-electron chi connectivity index (χ1n) is 9.52. The number of H-pyrrole nitrogens is 1. The molecule has 0 radical (unpaired) electrons. The number of aromatic amines is 1. The number of nitrogens with one attached hydrogen (secondary N) is 1. The number of aryl methyl sites for hydroxylation is 2. The van der Waals surface area contributed by atoms with E-state index in [-0.39, 0.29) is 24.2 Å². The van der Waals surface area contributed by atoms with Gasteiger partial charge in [-0.25, -0.2) is 14.8 Å². The van der Waals surface area contributed by atoms with Crippen LogP contribution in [0.3, 0.4) is 0 Å². The number of aromatic nitrogens is 1. The molecule has 0 fully saturated rings. The molecule has 0 aliphatic carbocycles. The average molecular weight is 410 g/mol. The van der Waals surface area contributed by atoms with Crippen LogP contribution in [0.15, 0.2) is 34.4 Å². The molecule has 1 aromatic heterocycles. The maximum Gasteiger partial charge on any atom is 0.340 e. The van der Waals surface area contributed by atoms with Gasteiger partial charge >= 0.3 is 5.97 Å². The molecule has 0 spiro atoms. The molecule has 0 bridgehead atoms. The van der Waals surface area contributed by atoms with E-state index in [1.165, 1.54) is 11.8 Å². The van der Waals surface area contributed by atoms with Crippen molar-refractivity contribution in [1.29, 1.82) is 0 Å². The molecule has 1 unspecified atom stereocenters. The van der Waals surface area contributed by atoms with Crippen LogP contribution in [0.2, 0.25) is 0 Å². The van der Waals surface area contributed by atoms with E-state index in [0.717, 1.165) is 17.7 Å². The van der Waals surface area contributed by atoms with Crippen molar-refractivity contribution in [3.63, 3.8) is 0 Å². The summed E-state index contributed by atoms with van der Waals surface area (Å²) in [6.07, 6.45) is 2.69. The van der Waals surface area contributed by atoms with Gasteiger partial charge in [0.15, 0.2) is 11.0 Å². The first kappa shape index (κ1) is 19.4. The molecule has 0 saturated carbocycles. The Bertz CT molecular complexity index is 1040. The van der Waals surface area contributed by atoms with Gasteiger partial charge in [-0.2, -0.15) is 5.10 Å². The molecule has 1 N–H and O–H groups in total. The number of rotatable bonds is 5. The Morgan fingerprint density at radius 3 is 2.79 bits per heavy atom. The number of carbonyl (C=O) groups excluding carboxylic acids is 2. The van der Waals surface area contributed by atoms with Gasteiger partial charge in [0.2, 0.25) is 0 Å². The maximum atomic E-state index is 13.0. The quantitative estimate of drug-likeness (QED) is 0.591. The summed E-state index contributed by atoms with van der Waals surface area (Å²) in [7, 11) is 0. The predicted octanol–water partition coefficient (Wildman–Crippen LogP) is 4.16. The van der Waals surface area contributed by atoms with Gasteiger partial charge in [-0.05, 0) is 26.8 Å². The van der Waals surface area contributed by atoms with Crippen LogP contribution < -0.4 is 0 Å². The zero-order chi connectivity index (χ0) is 20.5. The summed E-state index contributed by atoms with van der Waals surface area (Å²) in [6, 6.07) is 8.12. The number of hydrazone groups is 1. The van der Waals surface area contributed by atoms with Crippen molar-refractivity contribution in [2.75, 3.05) is 12.4 Å². The lowest BCUT2D eigenvalue weighted by Gasteiger charge is -2.29. The maximum absolute atomic E-state index is 13.0. The molecule has 1 atom stereocenters. The van der Waals surface area contributed by atoms with Crippen molar-refractivity contribution < 1.29 is 14.3 Å². The second-order valence-corrected chi connectivity index (χ2v) is 7.85. The van der Waals surface area contributed by atoms with Crippen LogP contribution in [0.4, 0.5) is 5.69 Å². The summed E-state index contributed by atoms with van der Waals surface area (Å²) in [5.41, 5.74) is 4.08. The third-order valence-electron chi connectivity index (χ3n) is 5.00. The molecule has 2 aromatic rings. The predicted molar refractivity (Wildman–Crippen MR) is 114 cm³/mol. The Hall–Kier alpha value is -2.87. The monoisotopic (exact) mass is 410 g/mol. The highest BCUT2D eigenvalue weighted by atomic mass is 32.2. The lowest BCUT2D eigenvalue weighted by molar-refractivity contribution is 0.0522. The van der Waals surface area contributed by atoms with Crippen molar-refractivity contribution in [1.82, 2.24) is 9.99 Å². The molecule has 150 valence electrons. The lowest BCUT2D eigenvalue weighted by atomic mass is 10.0. The van der Waals surface area contributed by atoms with E-state index >= 15 is 0 Å². The third kappa shape index (κ3) is 3.48. The van der Waals surface area contributed by atoms with Crippen LogP contribution in [0, 0.1) is 13.8 Å². The van der Waals surface area contributed by atoms with Gasteiger partial charge < -0.3 is 9.72 Å². The zero-order valence-corrected chi connectivity index (χ0v) is 17.4. The number of fused-ring (bicyclic) bond motifs is 3. The van der Waals surface area contributed by atoms with E-state index in [9.17, 15) is 9.59 Å². The minimum atomic E-state index is -0.476. The number of hydrogen-bond acceptors (Lipinski definition) is 7. The van der Waals surface area contributed by atoms with Crippen molar-refractivity contribution in [3.8, 4) is 0 Å². The van der Waals surface area contributed by atoms with Crippen LogP contribution in [0.5, 0.6) is 0 Å². The van der Waals surface area contributed by atoms with E-state index in [0.29, 0.717) is 27.7 Å². The molecule has 29 heavy (non-hydrogen) atoms. The molecule has 2 aliphatic rings. The summed E-state index contributed by atoms with van der Waals surface area (Å²) in [4.78, 5) is 33.2. The highest BCUT2D eigenvalue weighted by Crippen LogP contribution is 2.41. The van der Waals surface area contributed by atoms with E-state index in [1.807, 2.05) is 29.4 Å². The van der Waals surface area contributed by atoms with Crippen molar-refractivity contribution in [2.24, 2.45) is 10.1 Å². The van der Waals surface area contributed by atoms with Gasteiger partial charge in [0.05, 0.1) is 35.2 Å². The molecule has 4 rings (SSSR count). The molecule has 8 heteroatoms. The number of hydrogen-bond donors (Lipinski definition) is 1. The fraction of sp³-hybridized carbons (Fsp3) is 0.333. The number of para-hydroxylation sites is 1. The third-order valence-corrected chi connectivity index (χ3v) is 5.95. The lowest BCUT2D eigenvalue weighted by Crippen LogP contribution is -2.28. The number of nitrogens with zero attached hydrogens (tertiary/aromatic N) is 3. The summed E-state index contributed by atoms with van der Waals surface area (Å²) in [5.74, 6) is -0.457. The number of thioether (sulfide) groups is 1. The van der Waals surface area contributed by atoms with E-state index < -0.39 is 5.97 Å². The number of amidine groups is 1. The number of Topliss-reactive ketones (excluding diaryl/α,β-unsaturated/α-hetero) is 1. The van der Waals surface area contributed by atoms with Crippen molar-refractivity contribution in [2.45, 2.75) is 33.2 Å². The first-order valence-corrected chi connectivity index (χ1v) is 10.5. The number of ketones is 1. The second kappa shape index (κ2) is 7.87. The number of esters is 1. The molecule has 1 aromatic carbocycles. The highest BCUT2D eigenvalue weighted by molar-refractivity contribution is 8.14. The van der Waals surface area contributed by atoms with E-state index in [4.69, 9.17) is 9.73 Å². The summed E-state index contributed by atoms with van der Waals surface area (Å²) in [6.45, 7) is 5.57. The molecule has 0 saturated heterocycles. The van der Waals surface area contributed by atoms with Gasteiger partial charge in [0.1, 0.15) is 0 Å². The first-order chi connectivity index (χ1) is 14.0. The molecular weight excluding hydrogens is 388 g/mol. The molecule has 0 amide bonds. The number of benzene rings is 1. The summed E-state index contributed by atoms with van der Waals surface area (Å²) < 4.78 is 5.13. The van der Waals surface area contributed by atoms with Crippen molar-refractivity contribution in [3.05, 3.63) is 52.3 Å². The van der Waals surface area contributed by atoms with Gasteiger partial charge in [-0.15, -0.1) is 0 Å². The molecule has 7 nitrogen and oxygen atoms in total. The summed E-state index contributed by atoms with van der Waals surface area (Å²) >= 11 is 1.34. The van der Waals surface area contributed by atoms with E-state index in [1.54, 1.807) is 20.8 Å². The minimum absolute atomic E-state index is 0.118. The van der Waals surface area contributed by atoms with Crippen LogP contribution in [0.1, 0.15) is 57.1 Å². The van der Waals surface area contributed by atoms with Crippen LogP contribution in [-0.2, 0) is 4.74 Å². The topological polar surface area (TPSA) is 87.1 Å². The average Bonchev–Trinajstić information content (AvgIpc) is 3.30. The fourth-order valence-electron chi connectivity index (χ4n) is 3.77. The normalized spacial score (nSPS) is 17.0. The molecule has 3 heterocycles. The SMILES string of the molecule is CCOC(=O)c1c(C)[nH]c(C)c1C(=O)CSC1=Nc2ccccc2C2CC=NN12. The molecular formula is C21H22N4O3S. The second-order valence-electron chi connectivity index (χ2n) is 6.90. The van der Waals surface area contributed by atoms with Crippen LogP contribution in [0.25, 0.3) is 0 Å². The van der Waals surface area contributed by atoms with Gasteiger partial charge in [-0.1, -0.05) is 30.0 Å². The van der Waals surface area contributed by atoms with Gasteiger partial charge in [0.25, 0.3) is 0 Å². The Labute approximate surface area is 173 Å². The Morgan fingerprint density at radius 2 is 2.00 bits per heavy atom. The van der Waals surface area contributed by atoms with Crippen LogP contribution in [-0.4, -0.2) is 45.5 Å². The van der Waals surface area contributed by atoms with Gasteiger partial charge in [0, 0.05) is 29.6 Å². The standard InChI is InChI=1S/C21H22N4O3S/c1-4-28-20(27)19-13(3)23-12(2)18(19)17(26)11-29-21-24-15-8-6-5-7-14(15)16-9-10-22-25(16)21/h5-8,10,16,23H,4,9,11H2,1-3H3. The number of carbonyl (C=O) groups is 2. The van der Waals surface area contributed by atoms with E-state index in [2.05, 4.69) is 16.2 Å².